The molecule has 1 fully saturated rings. The van der Waals surface area contributed by atoms with Gasteiger partial charge >= 0.3 is 0 Å². The number of rotatable bonds is 5. The van der Waals surface area contributed by atoms with Gasteiger partial charge in [-0.2, -0.15) is 0 Å². The monoisotopic (exact) mass is 290 g/mol. The zero-order valence-electron chi connectivity index (χ0n) is 13.2. The van der Waals surface area contributed by atoms with Crippen molar-refractivity contribution in [3.63, 3.8) is 0 Å². The smallest absolute Gasteiger partial charge is 0.242 e. The summed E-state index contributed by atoms with van der Waals surface area (Å²) in [5, 5.41) is 6.41. The summed E-state index contributed by atoms with van der Waals surface area (Å²) in [6.07, 6.45) is 4.81. The van der Waals surface area contributed by atoms with Crippen LogP contribution in [-0.4, -0.2) is 25.1 Å². The summed E-state index contributed by atoms with van der Waals surface area (Å²) in [7, 11) is 1.64. The largest absolute Gasteiger partial charge is 0.497 e. The predicted molar refractivity (Wildman–Crippen MR) is 85.6 cm³/mol. The zero-order valence-corrected chi connectivity index (χ0v) is 13.2. The molecule has 4 heteroatoms. The third-order valence-electron chi connectivity index (χ3n) is 4.29. The van der Waals surface area contributed by atoms with Crippen LogP contribution in [0.4, 0.5) is 5.69 Å². The molecule has 0 saturated heterocycles. The van der Waals surface area contributed by atoms with Crippen molar-refractivity contribution in [2.24, 2.45) is 5.92 Å². The Morgan fingerprint density at radius 1 is 1.33 bits per heavy atom. The highest BCUT2D eigenvalue weighted by Crippen LogP contribution is 2.24. The van der Waals surface area contributed by atoms with Gasteiger partial charge in [0.2, 0.25) is 5.91 Å². The number of benzene rings is 1. The molecule has 3 atom stereocenters. The molecule has 21 heavy (non-hydrogen) atoms. The first-order valence-electron chi connectivity index (χ1n) is 7.81. The van der Waals surface area contributed by atoms with Crippen LogP contribution in [0.25, 0.3) is 0 Å². The lowest BCUT2D eigenvalue weighted by Gasteiger charge is -2.30. The molecular formula is C17H26N2O2. The van der Waals surface area contributed by atoms with E-state index in [1.54, 1.807) is 7.11 Å². The van der Waals surface area contributed by atoms with E-state index < -0.39 is 0 Å². The Labute approximate surface area is 127 Å². The first kappa shape index (κ1) is 15.7. The molecule has 0 aliphatic heterocycles. The third-order valence-corrected chi connectivity index (χ3v) is 4.29. The van der Waals surface area contributed by atoms with Crippen LogP contribution in [0.15, 0.2) is 24.3 Å². The van der Waals surface area contributed by atoms with Gasteiger partial charge in [-0.25, -0.2) is 0 Å². The first-order chi connectivity index (χ1) is 10.1. The molecule has 1 aromatic rings. The maximum atomic E-state index is 12.3. The van der Waals surface area contributed by atoms with Gasteiger partial charge < -0.3 is 15.4 Å². The Balaban J connectivity index is 1.89. The summed E-state index contributed by atoms with van der Waals surface area (Å²) >= 11 is 0. The molecule has 1 aliphatic rings. The van der Waals surface area contributed by atoms with Gasteiger partial charge in [-0.05, 0) is 37.8 Å². The summed E-state index contributed by atoms with van der Waals surface area (Å²) in [6, 6.07) is 7.70. The maximum absolute atomic E-state index is 12.3. The number of ether oxygens (including phenoxy) is 1. The van der Waals surface area contributed by atoms with Crippen molar-refractivity contribution >= 4 is 11.6 Å². The van der Waals surface area contributed by atoms with Crippen molar-refractivity contribution in [3.8, 4) is 5.75 Å². The van der Waals surface area contributed by atoms with E-state index in [1.807, 2.05) is 31.2 Å². The fourth-order valence-electron chi connectivity index (χ4n) is 2.87. The van der Waals surface area contributed by atoms with Crippen LogP contribution >= 0.6 is 0 Å². The maximum Gasteiger partial charge on any atom is 0.242 e. The van der Waals surface area contributed by atoms with Crippen LogP contribution in [0.5, 0.6) is 5.75 Å². The van der Waals surface area contributed by atoms with Gasteiger partial charge in [0.25, 0.3) is 0 Å². The summed E-state index contributed by atoms with van der Waals surface area (Å²) in [5.41, 5.74) is 0.897. The molecule has 0 heterocycles. The van der Waals surface area contributed by atoms with Crippen LogP contribution in [0.1, 0.15) is 39.5 Å². The molecule has 0 bridgehead atoms. The normalized spacial score (nSPS) is 23.2. The minimum Gasteiger partial charge on any atom is -0.497 e. The molecule has 2 N–H and O–H groups in total. The SMILES string of the molecule is COc1cccc(N[C@H](C)C(=O)N[C@@H]2CCCC[C@@H]2C)c1. The van der Waals surface area contributed by atoms with Gasteiger partial charge in [-0.3, -0.25) is 4.79 Å². The lowest BCUT2D eigenvalue weighted by molar-refractivity contribution is -0.122. The first-order valence-corrected chi connectivity index (χ1v) is 7.81. The molecule has 116 valence electrons. The fourth-order valence-corrected chi connectivity index (χ4v) is 2.87. The Kier molecular flexibility index (Phi) is 5.48. The number of nitrogens with one attached hydrogen (secondary N) is 2. The second kappa shape index (κ2) is 7.34. The van der Waals surface area contributed by atoms with Crippen molar-refractivity contribution in [3.05, 3.63) is 24.3 Å². The average Bonchev–Trinajstić information content (AvgIpc) is 2.49. The van der Waals surface area contributed by atoms with Crippen molar-refractivity contribution < 1.29 is 9.53 Å². The van der Waals surface area contributed by atoms with E-state index in [1.165, 1.54) is 19.3 Å². The standard InChI is InChI=1S/C17H26N2O2/c1-12-7-4-5-10-16(12)19-17(20)13(2)18-14-8-6-9-15(11-14)21-3/h6,8-9,11-13,16,18H,4-5,7,10H2,1-3H3,(H,19,20)/t12-,13+,16+/m0/s1. The van der Waals surface area contributed by atoms with Gasteiger partial charge in [-0.1, -0.05) is 25.8 Å². The molecule has 1 aliphatic carbocycles. The van der Waals surface area contributed by atoms with E-state index >= 15 is 0 Å². The number of methoxy groups -OCH3 is 1. The molecule has 0 unspecified atom stereocenters. The summed E-state index contributed by atoms with van der Waals surface area (Å²) in [6.45, 7) is 4.12. The van der Waals surface area contributed by atoms with Crippen LogP contribution in [-0.2, 0) is 4.79 Å². The molecular weight excluding hydrogens is 264 g/mol. The molecule has 0 spiro atoms. The lowest BCUT2D eigenvalue weighted by Crippen LogP contribution is -2.46. The Morgan fingerprint density at radius 2 is 2.10 bits per heavy atom. The quantitative estimate of drug-likeness (QED) is 0.875. The van der Waals surface area contributed by atoms with Gasteiger partial charge in [0.15, 0.2) is 0 Å². The number of amides is 1. The van der Waals surface area contributed by atoms with Crippen LogP contribution in [0.3, 0.4) is 0 Å². The fraction of sp³-hybridized carbons (Fsp3) is 0.588. The molecule has 1 aromatic carbocycles. The highest BCUT2D eigenvalue weighted by atomic mass is 16.5. The van der Waals surface area contributed by atoms with Crippen LogP contribution in [0.2, 0.25) is 0 Å². The van der Waals surface area contributed by atoms with E-state index in [2.05, 4.69) is 17.6 Å². The van der Waals surface area contributed by atoms with Gasteiger partial charge in [0, 0.05) is 17.8 Å². The van der Waals surface area contributed by atoms with Crippen molar-refractivity contribution in [1.29, 1.82) is 0 Å². The minimum absolute atomic E-state index is 0.0663. The van der Waals surface area contributed by atoms with Crippen LogP contribution in [0, 0.1) is 5.92 Å². The second-order valence-corrected chi connectivity index (χ2v) is 5.97. The molecule has 0 radical (unpaired) electrons. The van der Waals surface area contributed by atoms with Gasteiger partial charge in [0.05, 0.1) is 7.11 Å². The number of hydrogen-bond donors (Lipinski definition) is 2. The topological polar surface area (TPSA) is 50.4 Å². The summed E-state index contributed by atoms with van der Waals surface area (Å²) < 4.78 is 5.19. The van der Waals surface area contributed by atoms with Gasteiger partial charge in [0.1, 0.15) is 11.8 Å². The minimum atomic E-state index is -0.258. The molecule has 1 saturated carbocycles. The molecule has 2 rings (SSSR count). The number of hydrogen-bond acceptors (Lipinski definition) is 3. The van der Waals surface area contributed by atoms with Crippen molar-refractivity contribution in [1.82, 2.24) is 5.32 Å². The van der Waals surface area contributed by atoms with E-state index in [-0.39, 0.29) is 11.9 Å². The second-order valence-electron chi connectivity index (χ2n) is 5.97. The van der Waals surface area contributed by atoms with E-state index in [9.17, 15) is 4.79 Å². The average molecular weight is 290 g/mol. The van der Waals surface area contributed by atoms with Crippen molar-refractivity contribution in [2.45, 2.75) is 51.6 Å². The van der Waals surface area contributed by atoms with E-state index in [0.29, 0.717) is 12.0 Å². The van der Waals surface area contributed by atoms with Gasteiger partial charge in [-0.15, -0.1) is 0 Å². The molecule has 4 nitrogen and oxygen atoms in total. The zero-order chi connectivity index (χ0) is 15.2. The Morgan fingerprint density at radius 3 is 2.81 bits per heavy atom. The third kappa shape index (κ3) is 4.38. The molecule has 1 amide bonds. The van der Waals surface area contributed by atoms with E-state index in [4.69, 9.17) is 4.74 Å². The lowest BCUT2D eigenvalue weighted by atomic mass is 9.86. The highest BCUT2D eigenvalue weighted by molar-refractivity contribution is 5.84. The van der Waals surface area contributed by atoms with E-state index in [0.717, 1.165) is 17.9 Å². The number of carbonyl (C=O) groups excluding carboxylic acids is 1. The van der Waals surface area contributed by atoms with Crippen molar-refractivity contribution in [2.75, 3.05) is 12.4 Å². The van der Waals surface area contributed by atoms with Crippen LogP contribution < -0.4 is 15.4 Å². The summed E-state index contributed by atoms with van der Waals surface area (Å²) in [5.74, 6) is 1.43. The molecule has 0 aromatic heterocycles. The Hall–Kier alpha value is -1.71. The number of anilines is 1. The summed E-state index contributed by atoms with van der Waals surface area (Å²) in [4.78, 5) is 12.3. The highest BCUT2D eigenvalue weighted by Gasteiger charge is 2.24. The number of carbonyl (C=O) groups is 1. The predicted octanol–water partition coefficient (Wildman–Crippen LogP) is 3.19. The Bertz CT molecular complexity index is 476.